The van der Waals surface area contributed by atoms with E-state index in [1.54, 1.807) is 10.6 Å². The van der Waals surface area contributed by atoms with Crippen molar-refractivity contribution < 1.29 is 4.74 Å². The van der Waals surface area contributed by atoms with Gasteiger partial charge in [0.15, 0.2) is 5.75 Å². The molecule has 4 heterocycles. The van der Waals surface area contributed by atoms with E-state index in [0.717, 1.165) is 53.2 Å². The molecular weight excluding hydrogens is 350 g/mol. The summed E-state index contributed by atoms with van der Waals surface area (Å²) in [6.45, 7) is 12.4. The van der Waals surface area contributed by atoms with Crippen LogP contribution in [0, 0.1) is 6.92 Å². The Morgan fingerprint density at radius 1 is 1.21 bits per heavy atom. The van der Waals surface area contributed by atoms with Gasteiger partial charge >= 0.3 is 0 Å². The van der Waals surface area contributed by atoms with Crippen LogP contribution < -0.4 is 15.2 Å². The molecule has 1 unspecified atom stereocenters. The molecule has 0 aliphatic carbocycles. The maximum Gasteiger partial charge on any atom is 0.251 e. The molecule has 1 atom stereocenters. The van der Waals surface area contributed by atoms with Crippen molar-refractivity contribution in [3.05, 3.63) is 52.0 Å². The van der Waals surface area contributed by atoms with E-state index in [0.29, 0.717) is 6.61 Å². The van der Waals surface area contributed by atoms with Gasteiger partial charge in [0.2, 0.25) is 0 Å². The maximum absolute atomic E-state index is 12.5. The Hall–Kier alpha value is -2.53. The van der Waals surface area contributed by atoms with Gasteiger partial charge in [-0.05, 0) is 63.1 Å². The number of aromatic nitrogens is 1. The van der Waals surface area contributed by atoms with Gasteiger partial charge in [-0.25, -0.2) is 0 Å². The fourth-order valence-electron chi connectivity index (χ4n) is 5.03. The summed E-state index contributed by atoms with van der Waals surface area (Å²) in [7, 11) is 1.83. The normalized spacial score (nSPS) is 21.7. The average Bonchev–Trinajstić information content (AvgIpc) is 3.17. The van der Waals surface area contributed by atoms with Crippen molar-refractivity contribution in [1.82, 2.24) is 9.47 Å². The maximum atomic E-state index is 12.5. The highest BCUT2D eigenvalue weighted by Gasteiger charge is 2.37. The lowest BCUT2D eigenvalue weighted by molar-refractivity contribution is 0.222. The van der Waals surface area contributed by atoms with Gasteiger partial charge in [-0.2, -0.15) is 0 Å². The molecule has 0 saturated carbocycles. The third-order valence-corrected chi connectivity index (χ3v) is 6.47. The number of ether oxygens (including phenoxy) is 1. The molecule has 3 aliphatic rings. The first-order valence-electron chi connectivity index (χ1n) is 10.1. The van der Waals surface area contributed by atoms with Crippen molar-refractivity contribution in [1.29, 1.82) is 0 Å². The second kappa shape index (κ2) is 6.24. The number of hydrogen-bond donors (Lipinski definition) is 0. The topological polar surface area (TPSA) is 37.7 Å². The van der Waals surface area contributed by atoms with Gasteiger partial charge in [-0.15, -0.1) is 0 Å². The Kier molecular flexibility index (Phi) is 3.91. The highest BCUT2D eigenvalue weighted by Crippen LogP contribution is 2.49. The van der Waals surface area contributed by atoms with Gasteiger partial charge in [0, 0.05) is 36.3 Å². The van der Waals surface area contributed by atoms with Crippen LogP contribution in [0.15, 0.2) is 35.3 Å². The van der Waals surface area contributed by atoms with Gasteiger partial charge in [-0.3, -0.25) is 4.79 Å². The van der Waals surface area contributed by atoms with Crippen molar-refractivity contribution in [3.63, 3.8) is 0 Å². The summed E-state index contributed by atoms with van der Waals surface area (Å²) in [6.07, 6.45) is 4.74. The quantitative estimate of drug-likeness (QED) is 0.804. The molecule has 0 spiro atoms. The number of hydrogen-bond acceptors (Lipinski definition) is 4. The lowest BCUT2D eigenvalue weighted by atomic mass is 9.92. The molecule has 1 saturated heterocycles. The average molecular weight is 377 g/mol. The van der Waals surface area contributed by atoms with Crippen molar-refractivity contribution >= 4 is 22.2 Å². The van der Waals surface area contributed by atoms with Gasteiger partial charge < -0.3 is 19.1 Å². The van der Waals surface area contributed by atoms with E-state index in [1.807, 2.05) is 14.0 Å². The zero-order valence-electron chi connectivity index (χ0n) is 16.9. The predicted molar refractivity (Wildman–Crippen MR) is 114 cm³/mol. The summed E-state index contributed by atoms with van der Waals surface area (Å²) in [5, 5.41) is 1.08. The second-order valence-corrected chi connectivity index (χ2v) is 8.38. The summed E-state index contributed by atoms with van der Waals surface area (Å²) in [5.41, 5.74) is 6.34. The van der Waals surface area contributed by atoms with E-state index >= 15 is 0 Å². The first-order chi connectivity index (χ1) is 13.5. The van der Waals surface area contributed by atoms with Crippen LogP contribution in [0.2, 0.25) is 0 Å². The van der Waals surface area contributed by atoms with Gasteiger partial charge in [0.05, 0.1) is 17.2 Å². The fraction of sp³-hybridized carbons (Fsp3) is 0.435. The predicted octanol–water partition coefficient (Wildman–Crippen LogP) is 3.44. The van der Waals surface area contributed by atoms with Crippen LogP contribution in [0.4, 0.5) is 5.69 Å². The van der Waals surface area contributed by atoms with E-state index in [2.05, 4.69) is 35.4 Å². The molecule has 0 radical (unpaired) electrons. The zero-order valence-corrected chi connectivity index (χ0v) is 16.9. The molecule has 1 fully saturated rings. The summed E-state index contributed by atoms with van der Waals surface area (Å²) in [6, 6.07) is 4.16. The van der Waals surface area contributed by atoms with Crippen LogP contribution in [0.25, 0.3) is 16.5 Å². The number of anilines is 1. The molecule has 1 aromatic heterocycles. The summed E-state index contributed by atoms with van der Waals surface area (Å²) < 4.78 is 8.11. The van der Waals surface area contributed by atoms with Crippen molar-refractivity contribution in [2.24, 2.45) is 7.05 Å². The van der Waals surface area contributed by atoms with Crippen LogP contribution in [0.3, 0.4) is 0 Å². The number of aryl methyl sites for hydroxylation is 2. The SMILES string of the molecule is C=C1C=C(C)c2cc3c(C)cc(=O)n(C)c3c3c2N1C(CN1CCCC1)CO3. The number of fused-ring (bicyclic) bond motifs is 2. The summed E-state index contributed by atoms with van der Waals surface area (Å²) >= 11 is 0. The Morgan fingerprint density at radius 2 is 1.96 bits per heavy atom. The van der Waals surface area contributed by atoms with Crippen LogP contribution in [0.5, 0.6) is 5.75 Å². The molecule has 0 bridgehead atoms. The Labute approximate surface area is 165 Å². The first-order valence-corrected chi connectivity index (χ1v) is 10.1. The molecule has 2 aromatic rings. The van der Waals surface area contributed by atoms with Gasteiger partial charge in [0.1, 0.15) is 6.61 Å². The summed E-state index contributed by atoms with van der Waals surface area (Å²) in [5.74, 6) is 0.821. The number of nitrogens with zero attached hydrogens (tertiary/aromatic N) is 3. The number of pyridine rings is 1. The Morgan fingerprint density at radius 3 is 2.71 bits per heavy atom. The molecule has 3 aliphatic heterocycles. The third kappa shape index (κ3) is 2.46. The lowest BCUT2D eigenvalue weighted by Gasteiger charge is -2.44. The van der Waals surface area contributed by atoms with E-state index in [9.17, 15) is 4.79 Å². The van der Waals surface area contributed by atoms with Crippen molar-refractivity contribution in [2.45, 2.75) is 32.7 Å². The van der Waals surface area contributed by atoms with Gasteiger partial charge in [-0.1, -0.05) is 6.58 Å². The highest BCUT2D eigenvalue weighted by atomic mass is 16.5. The number of benzene rings is 1. The van der Waals surface area contributed by atoms with Crippen LogP contribution in [0.1, 0.15) is 30.9 Å². The highest BCUT2D eigenvalue weighted by molar-refractivity contribution is 6.01. The van der Waals surface area contributed by atoms with Crippen LogP contribution in [-0.2, 0) is 7.05 Å². The fourth-order valence-corrected chi connectivity index (χ4v) is 5.03. The summed E-state index contributed by atoms with van der Waals surface area (Å²) in [4.78, 5) is 17.3. The largest absolute Gasteiger partial charge is 0.487 e. The van der Waals surface area contributed by atoms with Crippen molar-refractivity contribution in [3.8, 4) is 5.75 Å². The van der Waals surface area contributed by atoms with Crippen LogP contribution in [-0.4, -0.2) is 41.8 Å². The number of rotatable bonds is 2. The Balaban J connectivity index is 1.74. The Bertz CT molecular complexity index is 1090. The molecular formula is C23H27N3O2. The minimum atomic E-state index is -0.00237. The number of allylic oxidation sites excluding steroid dienone is 2. The lowest BCUT2D eigenvalue weighted by Crippen LogP contribution is -2.49. The molecule has 0 N–H and O–H groups in total. The molecule has 5 rings (SSSR count). The molecule has 28 heavy (non-hydrogen) atoms. The molecule has 5 nitrogen and oxygen atoms in total. The minimum Gasteiger partial charge on any atom is -0.487 e. The van der Waals surface area contributed by atoms with Crippen LogP contribution >= 0.6 is 0 Å². The standard InChI is InChI=1S/C23H27N3O2/c1-14-9-16(3)26-17(12-25-7-5-6-8-25)13-28-23-21-18(11-19(14)22(23)26)15(2)10-20(27)24(21)4/h9-11,17H,3,5-8,12-13H2,1-2,4H3. The molecule has 0 amide bonds. The van der Waals surface area contributed by atoms with Gasteiger partial charge in [0.25, 0.3) is 5.56 Å². The van der Waals surface area contributed by atoms with E-state index in [4.69, 9.17) is 4.74 Å². The van der Waals surface area contributed by atoms with E-state index in [1.165, 1.54) is 24.0 Å². The molecule has 146 valence electrons. The van der Waals surface area contributed by atoms with Crippen molar-refractivity contribution in [2.75, 3.05) is 31.1 Å². The third-order valence-electron chi connectivity index (χ3n) is 6.47. The smallest absolute Gasteiger partial charge is 0.251 e. The second-order valence-electron chi connectivity index (χ2n) is 8.38. The monoisotopic (exact) mass is 377 g/mol. The van der Waals surface area contributed by atoms with E-state index in [-0.39, 0.29) is 11.6 Å². The van der Waals surface area contributed by atoms with E-state index < -0.39 is 0 Å². The number of likely N-dealkylation sites (tertiary alicyclic amines) is 1. The molecule has 5 heteroatoms. The zero-order chi connectivity index (χ0) is 19.6. The first kappa shape index (κ1) is 17.6. The minimum absolute atomic E-state index is 0.00237. The molecule has 1 aromatic carbocycles.